The molecule has 0 rings (SSSR count). The van der Waals surface area contributed by atoms with Crippen molar-refractivity contribution in [3.63, 3.8) is 0 Å². The van der Waals surface area contributed by atoms with Crippen molar-refractivity contribution in [2.75, 3.05) is 17.5 Å². The highest BCUT2D eigenvalue weighted by molar-refractivity contribution is 14.1. The van der Waals surface area contributed by atoms with E-state index in [2.05, 4.69) is 10.6 Å². The van der Waals surface area contributed by atoms with E-state index in [1.807, 2.05) is 22.6 Å². The first-order chi connectivity index (χ1) is 5.16. The molecule has 2 amide bonds. The van der Waals surface area contributed by atoms with Gasteiger partial charge in [0, 0.05) is 20.0 Å². The van der Waals surface area contributed by atoms with Crippen LogP contribution in [0, 0.1) is 0 Å². The lowest BCUT2D eigenvalue weighted by Crippen LogP contribution is -2.34. The SMILES string of the molecule is [13CH3][13C](=O)NCCNC(=O)CI. The average molecular weight is 272 g/mol. The molecule has 0 aliphatic rings. The first-order valence-electron chi connectivity index (χ1n) is 3.24. The topological polar surface area (TPSA) is 58.2 Å². The molecule has 0 saturated heterocycles. The molecular weight excluding hydrogens is 261 g/mol. The first-order valence-corrected chi connectivity index (χ1v) is 4.76. The molecule has 0 saturated carbocycles. The Bertz CT molecular complexity index is 150. The van der Waals surface area contributed by atoms with Crippen molar-refractivity contribution < 1.29 is 9.59 Å². The zero-order chi connectivity index (χ0) is 8.69. The van der Waals surface area contributed by atoms with E-state index in [-0.39, 0.29) is 11.8 Å². The molecular formula is C6H11IN2O2. The van der Waals surface area contributed by atoms with Gasteiger partial charge in [-0.1, -0.05) is 22.6 Å². The molecule has 0 aliphatic carbocycles. The Balaban J connectivity index is 3.14. The van der Waals surface area contributed by atoms with Gasteiger partial charge < -0.3 is 10.6 Å². The molecule has 11 heavy (non-hydrogen) atoms. The van der Waals surface area contributed by atoms with Crippen LogP contribution >= 0.6 is 22.6 Å². The molecule has 0 aromatic carbocycles. The van der Waals surface area contributed by atoms with Crippen LogP contribution in [0.3, 0.4) is 0 Å². The van der Waals surface area contributed by atoms with Crippen molar-refractivity contribution in [2.45, 2.75) is 6.92 Å². The fraction of sp³-hybridized carbons (Fsp3) is 0.667. The number of amides is 2. The summed E-state index contributed by atoms with van der Waals surface area (Å²) in [5.74, 6) is -0.0790. The Morgan fingerprint density at radius 3 is 2.27 bits per heavy atom. The number of carbonyl (C=O) groups excluding carboxylic acids is 2. The third-order valence-corrected chi connectivity index (χ3v) is 1.64. The quantitative estimate of drug-likeness (QED) is 0.319. The summed E-state index contributed by atoms with van der Waals surface area (Å²) < 4.78 is 0.456. The highest BCUT2D eigenvalue weighted by atomic mass is 127. The Morgan fingerprint density at radius 2 is 1.82 bits per heavy atom. The maximum Gasteiger partial charge on any atom is 0.229 e. The lowest BCUT2D eigenvalue weighted by molar-refractivity contribution is -0.120. The van der Waals surface area contributed by atoms with E-state index in [0.717, 1.165) is 0 Å². The monoisotopic (exact) mass is 272 g/mol. The summed E-state index contributed by atoms with van der Waals surface area (Å²) in [4.78, 5) is 21.0. The van der Waals surface area contributed by atoms with E-state index < -0.39 is 0 Å². The van der Waals surface area contributed by atoms with Crippen LogP contribution in [-0.2, 0) is 9.59 Å². The van der Waals surface area contributed by atoms with E-state index in [0.29, 0.717) is 17.5 Å². The van der Waals surface area contributed by atoms with Gasteiger partial charge in [-0.25, -0.2) is 0 Å². The van der Waals surface area contributed by atoms with Gasteiger partial charge in [0.25, 0.3) is 0 Å². The Hall–Kier alpha value is -0.330. The minimum absolute atomic E-state index is 0.00375. The largest absolute Gasteiger partial charge is 0.355 e. The van der Waals surface area contributed by atoms with Gasteiger partial charge in [0.15, 0.2) is 0 Å². The summed E-state index contributed by atoms with van der Waals surface area (Å²) >= 11 is 1.98. The molecule has 0 heterocycles. The van der Waals surface area contributed by atoms with Crippen LogP contribution in [0.1, 0.15) is 6.92 Å². The molecule has 64 valence electrons. The molecule has 0 atom stereocenters. The fourth-order valence-electron chi connectivity index (χ4n) is 0.488. The third kappa shape index (κ3) is 7.57. The molecule has 0 bridgehead atoms. The molecule has 0 unspecified atom stereocenters. The number of rotatable bonds is 4. The highest BCUT2D eigenvalue weighted by Crippen LogP contribution is 1.77. The van der Waals surface area contributed by atoms with Gasteiger partial charge in [0.1, 0.15) is 0 Å². The van der Waals surface area contributed by atoms with Crippen LogP contribution < -0.4 is 10.6 Å². The Labute approximate surface area is 79.2 Å². The van der Waals surface area contributed by atoms with Gasteiger partial charge in [-0.15, -0.1) is 0 Å². The van der Waals surface area contributed by atoms with Crippen molar-refractivity contribution in [2.24, 2.45) is 0 Å². The number of hydrogen-bond acceptors (Lipinski definition) is 2. The summed E-state index contributed by atoms with van der Waals surface area (Å²) in [5.41, 5.74) is 0. The molecule has 0 fully saturated rings. The van der Waals surface area contributed by atoms with Crippen LogP contribution in [0.25, 0.3) is 0 Å². The molecule has 0 spiro atoms. The number of alkyl halides is 1. The van der Waals surface area contributed by atoms with Gasteiger partial charge in [-0.3, -0.25) is 9.59 Å². The fourth-order valence-corrected chi connectivity index (χ4v) is 0.757. The molecule has 4 nitrogen and oxygen atoms in total. The van der Waals surface area contributed by atoms with Crippen molar-refractivity contribution >= 4 is 34.4 Å². The summed E-state index contributed by atoms with van der Waals surface area (Å²) in [6.07, 6.45) is 0. The maximum atomic E-state index is 10.6. The molecule has 2 N–H and O–H groups in total. The van der Waals surface area contributed by atoms with Crippen molar-refractivity contribution in [1.82, 2.24) is 10.6 Å². The second kappa shape index (κ2) is 6.38. The molecule has 5 heteroatoms. The van der Waals surface area contributed by atoms with E-state index >= 15 is 0 Å². The minimum Gasteiger partial charge on any atom is -0.355 e. The Kier molecular flexibility index (Phi) is 6.19. The van der Waals surface area contributed by atoms with Crippen molar-refractivity contribution in [3.05, 3.63) is 0 Å². The van der Waals surface area contributed by atoms with E-state index in [4.69, 9.17) is 0 Å². The zero-order valence-electron chi connectivity index (χ0n) is 6.32. The molecule has 0 aromatic heterocycles. The van der Waals surface area contributed by atoms with Gasteiger partial charge in [0.2, 0.25) is 11.8 Å². The van der Waals surface area contributed by atoms with Gasteiger partial charge in [0.05, 0.1) is 4.43 Å². The normalized spacial score (nSPS) is 8.91. The summed E-state index contributed by atoms with van der Waals surface area (Å²) in [6, 6.07) is 0. The van der Waals surface area contributed by atoms with Crippen LogP contribution in [-0.4, -0.2) is 29.3 Å². The number of halogens is 1. The number of hydrogen-bond donors (Lipinski definition) is 2. The van der Waals surface area contributed by atoms with E-state index in [1.54, 1.807) is 0 Å². The Morgan fingerprint density at radius 1 is 1.27 bits per heavy atom. The zero-order valence-corrected chi connectivity index (χ0v) is 8.47. The first kappa shape index (κ1) is 10.7. The van der Waals surface area contributed by atoms with Gasteiger partial charge in [-0.05, 0) is 0 Å². The summed E-state index contributed by atoms with van der Waals surface area (Å²) in [7, 11) is 0. The highest BCUT2D eigenvalue weighted by Gasteiger charge is 1.95. The third-order valence-electron chi connectivity index (χ3n) is 0.942. The second-order valence-electron chi connectivity index (χ2n) is 1.97. The molecule has 0 aliphatic heterocycles. The molecule has 0 aromatic rings. The molecule has 0 radical (unpaired) electrons. The lowest BCUT2D eigenvalue weighted by atomic mass is 10.6. The van der Waals surface area contributed by atoms with Gasteiger partial charge >= 0.3 is 0 Å². The van der Waals surface area contributed by atoms with Gasteiger partial charge in [-0.2, -0.15) is 0 Å². The van der Waals surface area contributed by atoms with Crippen LogP contribution in [0.5, 0.6) is 0 Å². The average Bonchev–Trinajstić information content (AvgIpc) is 1.97. The van der Waals surface area contributed by atoms with Crippen LogP contribution in [0.15, 0.2) is 0 Å². The maximum absolute atomic E-state index is 10.6. The van der Waals surface area contributed by atoms with Crippen LogP contribution in [0.2, 0.25) is 0 Å². The van der Waals surface area contributed by atoms with Crippen LogP contribution in [0.4, 0.5) is 0 Å². The minimum atomic E-state index is -0.0753. The predicted molar refractivity (Wildman–Crippen MR) is 50.6 cm³/mol. The van der Waals surface area contributed by atoms with E-state index in [1.165, 1.54) is 6.92 Å². The summed E-state index contributed by atoms with van der Waals surface area (Å²) in [5, 5.41) is 5.20. The number of carbonyl (C=O) groups is 2. The van der Waals surface area contributed by atoms with Crippen molar-refractivity contribution in [1.29, 1.82) is 0 Å². The van der Waals surface area contributed by atoms with Crippen molar-refractivity contribution in [3.8, 4) is 0 Å². The smallest absolute Gasteiger partial charge is 0.229 e. The standard InChI is InChI=1S/C6H11IN2O2/c1-5(10)8-2-3-9-6(11)4-7/h2-4H2,1H3,(H,8,10)(H,9,11)/i1+1,5+1. The number of nitrogens with one attached hydrogen (secondary N) is 2. The second-order valence-corrected chi connectivity index (χ2v) is 2.73. The predicted octanol–water partition coefficient (Wildman–Crippen LogP) is -0.326. The lowest BCUT2D eigenvalue weighted by Gasteiger charge is -2.02. The summed E-state index contributed by atoms with van der Waals surface area (Å²) in [6.45, 7) is 2.44. The van der Waals surface area contributed by atoms with E-state index in [9.17, 15) is 9.59 Å².